The van der Waals surface area contributed by atoms with E-state index in [0.717, 1.165) is 37.7 Å². The maximum Gasteiger partial charge on any atom is 0.124 e. The Kier molecular flexibility index (Phi) is 6.30. The molecule has 10 rings (SSSR count). The molecule has 0 saturated carbocycles. The highest BCUT2D eigenvalue weighted by molar-refractivity contribution is 7.22. The number of hydrogen-bond acceptors (Lipinski definition) is 4. The molecular weight excluding hydrogens is 633 g/mol. The van der Waals surface area contributed by atoms with E-state index in [-0.39, 0.29) is 5.41 Å². The van der Waals surface area contributed by atoms with Crippen LogP contribution in [0.5, 0.6) is 0 Å². The molecule has 0 aliphatic heterocycles. The van der Waals surface area contributed by atoms with Gasteiger partial charge in [-0.3, -0.25) is 0 Å². The standard InChI is InChI=1S/C45H30N2S2/c1-45(2)37-26-31(18-19-35(37)36-24-29-10-3-4-11-30(29)25-38(36)45)27-12-9-13-28(20-27)32-21-33(43-46-39-14-5-7-16-41(39)48-43)23-34(22-32)44-47-40-15-6-8-17-42(40)49-44/h3-26H,1-2H3. The first-order chi connectivity index (χ1) is 24.0. The summed E-state index contributed by atoms with van der Waals surface area (Å²) in [7, 11) is 0. The van der Waals surface area contributed by atoms with Gasteiger partial charge in [0.1, 0.15) is 10.0 Å². The van der Waals surface area contributed by atoms with Crippen LogP contribution >= 0.6 is 22.7 Å². The molecule has 4 heteroatoms. The molecule has 0 unspecified atom stereocenters. The highest BCUT2D eigenvalue weighted by Crippen LogP contribution is 2.51. The zero-order chi connectivity index (χ0) is 32.7. The number of rotatable bonds is 4. The van der Waals surface area contributed by atoms with Gasteiger partial charge in [-0.05, 0) is 122 Å². The van der Waals surface area contributed by atoms with Gasteiger partial charge in [0.15, 0.2) is 0 Å². The fourth-order valence-corrected chi connectivity index (χ4v) is 9.42. The molecule has 9 aromatic rings. The van der Waals surface area contributed by atoms with Gasteiger partial charge in [-0.2, -0.15) is 0 Å². The summed E-state index contributed by atoms with van der Waals surface area (Å²) in [6.45, 7) is 4.73. The fraction of sp³-hybridized carbons (Fsp3) is 0.0667. The van der Waals surface area contributed by atoms with Crippen LogP contribution in [0.25, 0.3) is 85.7 Å². The lowest BCUT2D eigenvalue weighted by Gasteiger charge is -2.22. The van der Waals surface area contributed by atoms with Crippen molar-refractivity contribution in [2.45, 2.75) is 19.3 Å². The smallest absolute Gasteiger partial charge is 0.124 e. The number of nitrogens with zero attached hydrogens (tertiary/aromatic N) is 2. The second kappa shape index (κ2) is 10.8. The molecule has 0 spiro atoms. The Hall–Kier alpha value is -5.42. The van der Waals surface area contributed by atoms with Crippen LogP contribution in [0.1, 0.15) is 25.0 Å². The van der Waals surface area contributed by atoms with Crippen LogP contribution in [-0.4, -0.2) is 9.97 Å². The van der Waals surface area contributed by atoms with E-state index in [1.807, 2.05) is 0 Å². The third kappa shape index (κ3) is 4.67. The minimum atomic E-state index is -0.0833. The third-order valence-electron chi connectivity index (χ3n) is 10.1. The minimum absolute atomic E-state index is 0.0833. The van der Waals surface area contributed by atoms with Crippen molar-refractivity contribution in [1.82, 2.24) is 9.97 Å². The van der Waals surface area contributed by atoms with Gasteiger partial charge in [-0.1, -0.05) is 92.7 Å². The lowest BCUT2D eigenvalue weighted by atomic mass is 9.81. The second-order valence-corrected chi connectivity index (χ2v) is 15.5. The molecule has 0 radical (unpaired) electrons. The molecule has 0 amide bonds. The number of benzene rings is 7. The van der Waals surface area contributed by atoms with E-state index in [0.29, 0.717) is 0 Å². The fourth-order valence-electron chi connectivity index (χ4n) is 7.51. The van der Waals surface area contributed by atoms with E-state index in [2.05, 4.69) is 159 Å². The molecule has 49 heavy (non-hydrogen) atoms. The monoisotopic (exact) mass is 662 g/mol. The molecule has 0 saturated heterocycles. The van der Waals surface area contributed by atoms with Crippen molar-refractivity contribution in [1.29, 1.82) is 0 Å². The van der Waals surface area contributed by atoms with Crippen LogP contribution in [-0.2, 0) is 5.41 Å². The Balaban J connectivity index is 1.09. The summed E-state index contributed by atoms with van der Waals surface area (Å²) < 4.78 is 2.39. The third-order valence-corrected chi connectivity index (χ3v) is 12.3. The summed E-state index contributed by atoms with van der Waals surface area (Å²) in [5.74, 6) is 0. The van der Waals surface area contributed by atoms with Crippen LogP contribution in [0, 0.1) is 0 Å². The van der Waals surface area contributed by atoms with E-state index in [4.69, 9.17) is 9.97 Å². The highest BCUT2D eigenvalue weighted by Gasteiger charge is 2.36. The average Bonchev–Trinajstić information content (AvgIpc) is 3.84. The van der Waals surface area contributed by atoms with Crippen molar-refractivity contribution in [2.24, 2.45) is 0 Å². The van der Waals surface area contributed by atoms with Crippen molar-refractivity contribution in [2.75, 3.05) is 0 Å². The maximum absolute atomic E-state index is 5.04. The van der Waals surface area contributed by atoms with Gasteiger partial charge in [0.05, 0.1) is 20.4 Å². The Morgan fingerprint density at radius 2 is 0.918 bits per heavy atom. The maximum atomic E-state index is 5.04. The van der Waals surface area contributed by atoms with E-state index < -0.39 is 0 Å². The molecule has 7 aromatic carbocycles. The first kappa shape index (κ1) is 28.6. The summed E-state index contributed by atoms with van der Waals surface area (Å²) in [4.78, 5) is 10.1. The lowest BCUT2D eigenvalue weighted by Crippen LogP contribution is -2.15. The molecule has 0 bridgehead atoms. The van der Waals surface area contributed by atoms with Crippen molar-refractivity contribution < 1.29 is 0 Å². The number of para-hydroxylation sites is 2. The Morgan fingerprint density at radius 3 is 1.57 bits per heavy atom. The Bertz CT molecular complexity index is 2610. The SMILES string of the molecule is CC1(C)c2cc(-c3cccc(-c4cc(-c5nc6ccccc6s5)cc(-c5nc6ccccc6s5)c4)c3)ccc2-c2cc3ccccc3cc21. The van der Waals surface area contributed by atoms with E-state index in [1.165, 1.54) is 59.1 Å². The summed E-state index contributed by atoms with van der Waals surface area (Å²) in [5.41, 5.74) is 14.5. The van der Waals surface area contributed by atoms with Crippen molar-refractivity contribution >= 4 is 53.9 Å². The van der Waals surface area contributed by atoms with Crippen molar-refractivity contribution in [3.8, 4) is 54.5 Å². The van der Waals surface area contributed by atoms with Gasteiger partial charge in [0.2, 0.25) is 0 Å². The van der Waals surface area contributed by atoms with Crippen molar-refractivity contribution in [3.05, 3.63) is 157 Å². The van der Waals surface area contributed by atoms with Gasteiger partial charge in [0, 0.05) is 16.5 Å². The van der Waals surface area contributed by atoms with Gasteiger partial charge < -0.3 is 0 Å². The highest BCUT2D eigenvalue weighted by atomic mass is 32.1. The molecule has 0 fully saturated rings. The molecule has 2 aromatic heterocycles. The molecular formula is C45H30N2S2. The van der Waals surface area contributed by atoms with E-state index in [1.54, 1.807) is 22.7 Å². The first-order valence-electron chi connectivity index (χ1n) is 16.6. The van der Waals surface area contributed by atoms with Crippen LogP contribution in [0.4, 0.5) is 0 Å². The Labute approximate surface area is 293 Å². The number of hydrogen-bond donors (Lipinski definition) is 0. The van der Waals surface area contributed by atoms with Crippen LogP contribution < -0.4 is 0 Å². The van der Waals surface area contributed by atoms with Crippen molar-refractivity contribution in [3.63, 3.8) is 0 Å². The lowest BCUT2D eigenvalue weighted by molar-refractivity contribution is 0.661. The summed E-state index contributed by atoms with van der Waals surface area (Å²) in [5, 5.41) is 4.64. The summed E-state index contributed by atoms with van der Waals surface area (Å²) in [6.07, 6.45) is 0. The topological polar surface area (TPSA) is 25.8 Å². The first-order valence-corrected chi connectivity index (χ1v) is 18.3. The average molecular weight is 663 g/mol. The van der Waals surface area contributed by atoms with Gasteiger partial charge in [0.25, 0.3) is 0 Å². The minimum Gasteiger partial charge on any atom is -0.236 e. The Morgan fingerprint density at radius 1 is 0.408 bits per heavy atom. The molecule has 2 heterocycles. The number of thiazole rings is 2. The molecule has 0 atom stereocenters. The van der Waals surface area contributed by atoms with Gasteiger partial charge in [-0.25, -0.2) is 9.97 Å². The largest absolute Gasteiger partial charge is 0.236 e. The predicted octanol–water partition coefficient (Wildman–Crippen LogP) is 13.0. The molecule has 2 nitrogen and oxygen atoms in total. The van der Waals surface area contributed by atoms with E-state index >= 15 is 0 Å². The van der Waals surface area contributed by atoms with E-state index in [9.17, 15) is 0 Å². The predicted molar refractivity (Wildman–Crippen MR) is 210 cm³/mol. The van der Waals surface area contributed by atoms with Crippen LogP contribution in [0.15, 0.2) is 146 Å². The number of fused-ring (bicyclic) bond motifs is 6. The number of aromatic nitrogens is 2. The zero-order valence-corrected chi connectivity index (χ0v) is 28.7. The zero-order valence-electron chi connectivity index (χ0n) is 27.1. The van der Waals surface area contributed by atoms with Crippen LogP contribution in [0.2, 0.25) is 0 Å². The van der Waals surface area contributed by atoms with Gasteiger partial charge in [-0.15, -0.1) is 22.7 Å². The van der Waals surface area contributed by atoms with Crippen LogP contribution in [0.3, 0.4) is 0 Å². The molecule has 1 aliphatic carbocycles. The molecule has 1 aliphatic rings. The van der Waals surface area contributed by atoms with Gasteiger partial charge >= 0.3 is 0 Å². The second-order valence-electron chi connectivity index (χ2n) is 13.5. The summed E-state index contributed by atoms with van der Waals surface area (Å²) in [6, 6.07) is 53.1. The molecule has 0 N–H and O–H groups in total. The summed E-state index contributed by atoms with van der Waals surface area (Å²) >= 11 is 3.48. The normalized spacial score (nSPS) is 13.3. The quantitative estimate of drug-likeness (QED) is 0.187. The molecule has 232 valence electrons.